The molecule has 0 saturated carbocycles. The Morgan fingerprint density at radius 2 is 2.22 bits per heavy atom. The Hall–Kier alpha value is -1.79. The molecule has 3 saturated heterocycles. The van der Waals surface area contributed by atoms with Crippen LogP contribution in [0.5, 0.6) is 5.75 Å². The van der Waals surface area contributed by atoms with Crippen molar-refractivity contribution in [1.82, 2.24) is 9.80 Å². The monoisotopic (exact) mass is 392 g/mol. The number of benzene rings is 1. The van der Waals surface area contributed by atoms with Gasteiger partial charge in [-0.2, -0.15) is 0 Å². The first kappa shape index (κ1) is 18.6. The van der Waals surface area contributed by atoms with E-state index in [4.69, 9.17) is 21.1 Å². The molecule has 3 atom stereocenters. The van der Waals surface area contributed by atoms with Gasteiger partial charge in [0.15, 0.2) is 12.3 Å². The Labute approximate surface area is 164 Å². The van der Waals surface area contributed by atoms with Crippen molar-refractivity contribution in [2.75, 3.05) is 19.8 Å². The molecule has 0 bridgehead atoms. The van der Waals surface area contributed by atoms with Crippen LogP contribution in [-0.4, -0.2) is 59.2 Å². The number of amides is 2. The standard InChI is InChI=1S/C20H25ClN2O4/c1-12(2)15-10-27-20-6-7-22(17(20)9-18(24)23(15)20)19(25)11-26-16-5-4-14(21)8-13(16)3/h4-5,8,12,15,17H,6-7,9-11H2,1-3H3/t15-,17+,20-/m0/s1. The molecule has 0 aromatic heterocycles. The van der Waals surface area contributed by atoms with Gasteiger partial charge in [0.05, 0.1) is 25.1 Å². The summed E-state index contributed by atoms with van der Waals surface area (Å²) in [6, 6.07) is 5.18. The molecule has 146 valence electrons. The van der Waals surface area contributed by atoms with Crippen LogP contribution >= 0.6 is 11.6 Å². The molecule has 6 nitrogen and oxygen atoms in total. The molecule has 3 aliphatic rings. The van der Waals surface area contributed by atoms with Crippen LogP contribution in [0.2, 0.25) is 5.02 Å². The predicted octanol–water partition coefficient (Wildman–Crippen LogP) is 2.61. The highest BCUT2D eigenvalue weighted by Crippen LogP contribution is 2.48. The summed E-state index contributed by atoms with van der Waals surface area (Å²) in [5, 5.41) is 0.635. The summed E-state index contributed by atoms with van der Waals surface area (Å²) >= 11 is 5.96. The smallest absolute Gasteiger partial charge is 0.260 e. The number of ether oxygens (including phenoxy) is 2. The fraction of sp³-hybridized carbons (Fsp3) is 0.600. The first-order chi connectivity index (χ1) is 12.8. The summed E-state index contributed by atoms with van der Waals surface area (Å²) in [6.07, 6.45) is 0.993. The molecule has 0 N–H and O–H groups in total. The number of carbonyl (C=O) groups is 2. The molecule has 2 amide bonds. The number of rotatable bonds is 4. The topological polar surface area (TPSA) is 59.1 Å². The zero-order valence-electron chi connectivity index (χ0n) is 15.9. The second-order valence-corrected chi connectivity index (χ2v) is 8.42. The van der Waals surface area contributed by atoms with Gasteiger partial charge in [-0.05, 0) is 36.6 Å². The maximum Gasteiger partial charge on any atom is 0.260 e. The van der Waals surface area contributed by atoms with E-state index in [1.54, 1.807) is 23.1 Å². The third-order valence-corrected chi connectivity index (χ3v) is 6.30. The molecule has 1 aromatic rings. The average molecular weight is 393 g/mol. The molecule has 7 heteroatoms. The van der Waals surface area contributed by atoms with Crippen molar-refractivity contribution < 1.29 is 19.1 Å². The quantitative estimate of drug-likeness (QED) is 0.790. The van der Waals surface area contributed by atoms with Crippen molar-refractivity contribution in [3.8, 4) is 5.75 Å². The van der Waals surface area contributed by atoms with Gasteiger partial charge in [-0.3, -0.25) is 9.59 Å². The first-order valence-electron chi connectivity index (χ1n) is 9.48. The van der Waals surface area contributed by atoms with Gasteiger partial charge in [0.25, 0.3) is 5.91 Å². The Balaban J connectivity index is 1.47. The summed E-state index contributed by atoms with van der Waals surface area (Å²) < 4.78 is 11.9. The van der Waals surface area contributed by atoms with Gasteiger partial charge < -0.3 is 19.3 Å². The van der Waals surface area contributed by atoms with Gasteiger partial charge >= 0.3 is 0 Å². The zero-order valence-corrected chi connectivity index (χ0v) is 16.7. The predicted molar refractivity (Wildman–Crippen MR) is 101 cm³/mol. The van der Waals surface area contributed by atoms with Crippen LogP contribution in [0.3, 0.4) is 0 Å². The van der Waals surface area contributed by atoms with E-state index in [9.17, 15) is 9.59 Å². The van der Waals surface area contributed by atoms with Crippen LogP contribution in [-0.2, 0) is 14.3 Å². The summed E-state index contributed by atoms with van der Waals surface area (Å²) in [4.78, 5) is 29.2. The highest BCUT2D eigenvalue weighted by molar-refractivity contribution is 6.30. The van der Waals surface area contributed by atoms with E-state index in [0.29, 0.717) is 42.7 Å². The van der Waals surface area contributed by atoms with Crippen LogP contribution < -0.4 is 4.74 Å². The van der Waals surface area contributed by atoms with E-state index in [1.807, 2.05) is 11.8 Å². The maximum absolute atomic E-state index is 12.8. The molecule has 4 rings (SSSR count). The summed E-state index contributed by atoms with van der Waals surface area (Å²) in [6.45, 7) is 7.17. The lowest BCUT2D eigenvalue weighted by atomic mass is 10.0. The number of carbonyl (C=O) groups excluding carboxylic acids is 2. The molecule has 3 heterocycles. The number of hydrogen-bond donors (Lipinski definition) is 0. The van der Waals surface area contributed by atoms with Gasteiger partial charge in [-0.1, -0.05) is 25.4 Å². The van der Waals surface area contributed by atoms with Crippen LogP contribution in [0.1, 0.15) is 32.3 Å². The minimum atomic E-state index is -0.641. The van der Waals surface area contributed by atoms with Crippen molar-refractivity contribution in [3.05, 3.63) is 28.8 Å². The van der Waals surface area contributed by atoms with Gasteiger partial charge in [0.2, 0.25) is 5.91 Å². The molecule has 1 spiro atoms. The highest BCUT2D eigenvalue weighted by atomic mass is 35.5. The van der Waals surface area contributed by atoms with Crippen LogP contribution in [0.25, 0.3) is 0 Å². The Bertz CT molecular complexity index is 783. The minimum Gasteiger partial charge on any atom is -0.483 e. The average Bonchev–Trinajstić information content (AvgIpc) is 3.23. The van der Waals surface area contributed by atoms with E-state index in [0.717, 1.165) is 5.56 Å². The normalized spacial score (nSPS) is 29.4. The molecule has 1 aromatic carbocycles. The second kappa shape index (κ2) is 6.67. The lowest BCUT2D eigenvalue weighted by Crippen LogP contribution is -2.51. The Morgan fingerprint density at radius 3 is 2.93 bits per heavy atom. The van der Waals surface area contributed by atoms with Gasteiger partial charge in [-0.25, -0.2) is 0 Å². The van der Waals surface area contributed by atoms with E-state index in [1.165, 1.54) is 0 Å². The molecule has 27 heavy (non-hydrogen) atoms. The number of hydrogen-bond acceptors (Lipinski definition) is 4. The number of likely N-dealkylation sites (tertiary alicyclic amines) is 1. The summed E-state index contributed by atoms with van der Waals surface area (Å²) in [7, 11) is 0. The Morgan fingerprint density at radius 1 is 1.44 bits per heavy atom. The largest absolute Gasteiger partial charge is 0.483 e. The van der Waals surface area contributed by atoms with Crippen molar-refractivity contribution >= 4 is 23.4 Å². The molecular formula is C20H25ClN2O4. The number of nitrogens with zero attached hydrogens (tertiary/aromatic N) is 2. The number of aryl methyl sites for hydroxylation is 1. The lowest BCUT2D eigenvalue weighted by Gasteiger charge is -2.34. The SMILES string of the molecule is Cc1cc(Cl)ccc1OCC(=O)N1CC[C@@]23OC[C@@H](C(C)C)N2C(=O)C[C@@H]13. The third-order valence-electron chi connectivity index (χ3n) is 6.07. The molecule has 0 radical (unpaired) electrons. The van der Waals surface area contributed by atoms with Gasteiger partial charge in [0, 0.05) is 18.0 Å². The molecule has 3 aliphatic heterocycles. The third kappa shape index (κ3) is 2.90. The summed E-state index contributed by atoms with van der Waals surface area (Å²) in [5.74, 6) is 0.941. The van der Waals surface area contributed by atoms with Gasteiger partial charge in [0.1, 0.15) is 5.75 Å². The zero-order chi connectivity index (χ0) is 19.3. The van der Waals surface area contributed by atoms with Crippen molar-refractivity contribution in [2.24, 2.45) is 5.92 Å². The van der Waals surface area contributed by atoms with Gasteiger partial charge in [-0.15, -0.1) is 0 Å². The van der Waals surface area contributed by atoms with E-state index < -0.39 is 5.72 Å². The lowest BCUT2D eigenvalue weighted by molar-refractivity contribution is -0.142. The first-order valence-corrected chi connectivity index (χ1v) is 9.86. The van der Waals surface area contributed by atoms with E-state index in [-0.39, 0.29) is 30.5 Å². The van der Waals surface area contributed by atoms with Crippen LogP contribution in [0.15, 0.2) is 18.2 Å². The second-order valence-electron chi connectivity index (χ2n) is 7.99. The molecular weight excluding hydrogens is 368 g/mol. The fourth-order valence-electron chi connectivity index (χ4n) is 4.67. The van der Waals surface area contributed by atoms with E-state index >= 15 is 0 Å². The van der Waals surface area contributed by atoms with Crippen molar-refractivity contribution in [2.45, 2.75) is 51.4 Å². The maximum atomic E-state index is 12.8. The molecule has 3 fully saturated rings. The molecule has 0 unspecified atom stereocenters. The molecule has 0 aliphatic carbocycles. The number of halogens is 1. The van der Waals surface area contributed by atoms with E-state index in [2.05, 4.69) is 13.8 Å². The minimum absolute atomic E-state index is 0.0587. The highest BCUT2D eigenvalue weighted by Gasteiger charge is 2.65. The van der Waals surface area contributed by atoms with Crippen LogP contribution in [0.4, 0.5) is 0 Å². The van der Waals surface area contributed by atoms with Crippen molar-refractivity contribution in [3.63, 3.8) is 0 Å². The van der Waals surface area contributed by atoms with Crippen LogP contribution in [0, 0.1) is 12.8 Å². The summed E-state index contributed by atoms with van der Waals surface area (Å²) in [5.41, 5.74) is 0.243. The van der Waals surface area contributed by atoms with Crippen molar-refractivity contribution in [1.29, 1.82) is 0 Å². The Kier molecular flexibility index (Phi) is 4.59. The fourth-order valence-corrected chi connectivity index (χ4v) is 4.89.